The van der Waals surface area contributed by atoms with Gasteiger partial charge < -0.3 is 5.11 Å². The second-order valence-corrected chi connectivity index (χ2v) is 3.60. The Bertz CT molecular complexity index is 521. The fourth-order valence-electron chi connectivity index (χ4n) is 2.09. The van der Waals surface area contributed by atoms with Crippen molar-refractivity contribution in [3.63, 3.8) is 0 Å². The van der Waals surface area contributed by atoms with Crippen molar-refractivity contribution in [2.45, 2.75) is 12.8 Å². The van der Waals surface area contributed by atoms with Gasteiger partial charge in [0.2, 0.25) is 0 Å². The van der Waals surface area contributed by atoms with Crippen molar-refractivity contribution < 1.29 is 5.11 Å². The molecule has 0 unspecified atom stereocenters. The molecule has 1 aromatic carbocycles. The van der Waals surface area contributed by atoms with Crippen LogP contribution in [0.4, 0.5) is 0 Å². The van der Waals surface area contributed by atoms with Gasteiger partial charge in [0, 0.05) is 5.22 Å². The SMILES string of the molecule is OC1=c2cc3c(cc2C=C1)=CCC3. The largest absolute Gasteiger partial charge is 0.507 e. The van der Waals surface area contributed by atoms with Gasteiger partial charge in [0.25, 0.3) is 0 Å². The average molecular weight is 170 g/mol. The molecule has 0 atom stereocenters. The molecule has 2 aliphatic carbocycles. The first kappa shape index (κ1) is 6.96. The molecule has 1 N–H and O–H groups in total. The Morgan fingerprint density at radius 2 is 2.08 bits per heavy atom. The van der Waals surface area contributed by atoms with E-state index in [0.717, 1.165) is 23.6 Å². The molecule has 0 amide bonds. The summed E-state index contributed by atoms with van der Waals surface area (Å²) in [7, 11) is 0. The smallest absolute Gasteiger partial charge is 0.123 e. The lowest BCUT2D eigenvalue weighted by molar-refractivity contribution is 0.513. The van der Waals surface area contributed by atoms with E-state index in [2.05, 4.69) is 18.2 Å². The van der Waals surface area contributed by atoms with E-state index in [1.54, 1.807) is 6.08 Å². The van der Waals surface area contributed by atoms with Gasteiger partial charge in [-0.2, -0.15) is 0 Å². The highest BCUT2D eigenvalue weighted by molar-refractivity contribution is 5.72. The Hall–Kier alpha value is -1.50. The third-order valence-corrected chi connectivity index (χ3v) is 2.79. The molecule has 0 saturated carbocycles. The quantitative estimate of drug-likeness (QED) is 0.618. The van der Waals surface area contributed by atoms with Crippen LogP contribution in [0.1, 0.15) is 17.5 Å². The lowest BCUT2D eigenvalue weighted by Crippen LogP contribution is -2.15. The van der Waals surface area contributed by atoms with Gasteiger partial charge in [0.1, 0.15) is 5.76 Å². The summed E-state index contributed by atoms with van der Waals surface area (Å²) in [6, 6.07) is 4.28. The number of rotatable bonds is 0. The van der Waals surface area contributed by atoms with E-state index >= 15 is 0 Å². The van der Waals surface area contributed by atoms with E-state index in [0.29, 0.717) is 5.76 Å². The fourth-order valence-corrected chi connectivity index (χ4v) is 2.09. The highest BCUT2D eigenvalue weighted by Crippen LogP contribution is 2.10. The van der Waals surface area contributed by atoms with Gasteiger partial charge in [0.15, 0.2) is 0 Å². The van der Waals surface area contributed by atoms with E-state index in [9.17, 15) is 5.11 Å². The van der Waals surface area contributed by atoms with Crippen LogP contribution in [0.5, 0.6) is 0 Å². The molecule has 0 spiro atoms. The molecule has 0 fully saturated rings. The van der Waals surface area contributed by atoms with Gasteiger partial charge in [-0.15, -0.1) is 0 Å². The second kappa shape index (κ2) is 2.25. The van der Waals surface area contributed by atoms with E-state index in [1.807, 2.05) is 6.08 Å². The van der Waals surface area contributed by atoms with Gasteiger partial charge >= 0.3 is 0 Å². The standard InChI is InChI=1S/C12H10O/c13-12-5-4-10-6-8-2-1-3-9(8)7-11(10)12/h2,4-7,13H,1,3H2. The zero-order chi connectivity index (χ0) is 8.84. The van der Waals surface area contributed by atoms with E-state index < -0.39 is 0 Å². The summed E-state index contributed by atoms with van der Waals surface area (Å²) in [5.74, 6) is 0.407. The molecule has 0 bridgehead atoms. The molecule has 0 saturated heterocycles. The first-order chi connectivity index (χ1) is 6.34. The molecule has 1 heteroatoms. The third-order valence-electron chi connectivity index (χ3n) is 2.79. The van der Waals surface area contributed by atoms with Crippen molar-refractivity contribution in [1.29, 1.82) is 0 Å². The summed E-state index contributed by atoms with van der Waals surface area (Å²) in [5.41, 5.74) is 2.52. The van der Waals surface area contributed by atoms with E-state index in [1.165, 1.54) is 10.8 Å². The van der Waals surface area contributed by atoms with Crippen molar-refractivity contribution in [2.24, 2.45) is 0 Å². The number of aliphatic hydroxyl groups excluding tert-OH is 1. The molecule has 2 aliphatic rings. The van der Waals surface area contributed by atoms with Gasteiger partial charge in [-0.05, 0) is 47.4 Å². The molecular formula is C12H10O. The predicted molar refractivity (Wildman–Crippen MR) is 53.5 cm³/mol. The number of aryl methyl sites for hydroxylation is 1. The van der Waals surface area contributed by atoms with Gasteiger partial charge in [-0.3, -0.25) is 0 Å². The number of hydrogen-bond acceptors (Lipinski definition) is 1. The molecule has 3 rings (SSSR count). The summed E-state index contributed by atoms with van der Waals surface area (Å²) in [6.45, 7) is 0. The summed E-state index contributed by atoms with van der Waals surface area (Å²) in [4.78, 5) is 0. The summed E-state index contributed by atoms with van der Waals surface area (Å²) < 4.78 is 0. The lowest BCUT2D eigenvalue weighted by atomic mass is 10.1. The van der Waals surface area contributed by atoms with Crippen LogP contribution < -0.4 is 10.4 Å². The molecule has 0 aliphatic heterocycles. The molecular weight excluding hydrogens is 160 g/mol. The van der Waals surface area contributed by atoms with Gasteiger partial charge in [0.05, 0.1) is 0 Å². The van der Waals surface area contributed by atoms with Crippen molar-refractivity contribution in [3.8, 4) is 0 Å². The Labute approximate surface area is 76.3 Å². The maximum absolute atomic E-state index is 9.53. The maximum atomic E-state index is 9.53. The second-order valence-electron chi connectivity index (χ2n) is 3.60. The first-order valence-electron chi connectivity index (χ1n) is 4.59. The Kier molecular flexibility index (Phi) is 1.21. The predicted octanol–water partition coefficient (Wildman–Crippen LogP) is 1.11. The monoisotopic (exact) mass is 170 g/mol. The summed E-state index contributed by atoms with van der Waals surface area (Å²) >= 11 is 0. The Morgan fingerprint density at radius 3 is 3.00 bits per heavy atom. The molecule has 0 radical (unpaired) electrons. The number of aliphatic hydroxyl groups is 1. The molecule has 0 aromatic heterocycles. The molecule has 1 nitrogen and oxygen atoms in total. The number of fused-ring (bicyclic) bond motifs is 2. The number of hydrogen-bond donors (Lipinski definition) is 1. The third kappa shape index (κ3) is 0.872. The minimum absolute atomic E-state index is 0.407. The minimum Gasteiger partial charge on any atom is -0.507 e. The van der Waals surface area contributed by atoms with Crippen LogP contribution in [-0.2, 0) is 6.42 Å². The number of benzene rings is 1. The zero-order valence-corrected chi connectivity index (χ0v) is 7.25. The van der Waals surface area contributed by atoms with E-state index in [4.69, 9.17) is 0 Å². The van der Waals surface area contributed by atoms with Crippen LogP contribution >= 0.6 is 0 Å². The highest BCUT2D eigenvalue weighted by Gasteiger charge is 2.09. The lowest BCUT2D eigenvalue weighted by Gasteiger charge is -1.96. The van der Waals surface area contributed by atoms with Crippen LogP contribution in [0.2, 0.25) is 0 Å². The Balaban J connectivity index is 2.45. The van der Waals surface area contributed by atoms with Crippen LogP contribution in [0.3, 0.4) is 0 Å². The van der Waals surface area contributed by atoms with Crippen molar-refractivity contribution in [3.05, 3.63) is 39.8 Å². The highest BCUT2D eigenvalue weighted by atomic mass is 16.3. The first-order valence-corrected chi connectivity index (χ1v) is 4.59. The van der Waals surface area contributed by atoms with E-state index in [-0.39, 0.29) is 0 Å². The molecule has 0 heterocycles. The fraction of sp³-hybridized carbons (Fsp3) is 0.167. The molecule has 13 heavy (non-hydrogen) atoms. The van der Waals surface area contributed by atoms with Crippen molar-refractivity contribution >= 4 is 17.9 Å². The van der Waals surface area contributed by atoms with Crippen LogP contribution in [0.15, 0.2) is 18.2 Å². The van der Waals surface area contributed by atoms with Crippen LogP contribution in [0.25, 0.3) is 17.9 Å². The normalized spacial score (nSPS) is 17.1. The molecule has 1 aromatic rings. The summed E-state index contributed by atoms with van der Waals surface area (Å²) in [5, 5.41) is 11.9. The maximum Gasteiger partial charge on any atom is 0.123 e. The van der Waals surface area contributed by atoms with Crippen LogP contribution in [-0.4, -0.2) is 5.11 Å². The van der Waals surface area contributed by atoms with Crippen molar-refractivity contribution in [2.75, 3.05) is 0 Å². The minimum atomic E-state index is 0.407. The molecule has 64 valence electrons. The zero-order valence-electron chi connectivity index (χ0n) is 7.25. The Morgan fingerprint density at radius 1 is 1.15 bits per heavy atom. The van der Waals surface area contributed by atoms with Crippen molar-refractivity contribution in [1.82, 2.24) is 0 Å². The average Bonchev–Trinajstić information content (AvgIpc) is 2.70. The van der Waals surface area contributed by atoms with Crippen LogP contribution in [0, 0.1) is 0 Å². The van der Waals surface area contributed by atoms with Gasteiger partial charge in [-0.1, -0.05) is 12.2 Å². The topological polar surface area (TPSA) is 20.2 Å². The van der Waals surface area contributed by atoms with Gasteiger partial charge in [-0.25, -0.2) is 0 Å². The summed E-state index contributed by atoms with van der Waals surface area (Å²) in [6.07, 6.45) is 8.26.